The lowest BCUT2D eigenvalue weighted by Crippen LogP contribution is -2.17. The molecule has 0 radical (unpaired) electrons. The molecule has 1 heterocycles. The maximum Gasteiger partial charge on any atom is 0.257 e. The summed E-state index contributed by atoms with van der Waals surface area (Å²) >= 11 is 0. The van der Waals surface area contributed by atoms with E-state index in [9.17, 15) is 4.79 Å². The van der Waals surface area contributed by atoms with Gasteiger partial charge < -0.3 is 20.3 Å². The van der Waals surface area contributed by atoms with Gasteiger partial charge in [-0.15, -0.1) is 0 Å². The number of amides is 1. The van der Waals surface area contributed by atoms with E-state index in [-0.39, 0.29) is 12.0 Å². The lowest BCUT2D eigenvalue weighted by atomic mass is 10.2. The first-order valence-electron chi connectivity index (χ1n) is 8.87. The van der Waals surface area contributed by atoms with Gasteiger partial charge in [-0.3, -0.25) is 4.79 Å². The summed E-state index contributed by atoms with van der Waals surface area (Å²) in [5.41, 5.74) is 1.15. The van der Waals surface area contributed by atoms with Crippen LogP contribution in [0.1, 0.15) is 30.6 Å². The number of hydrogen-bond donors (Lipinski definition) is 2. The van der Waals surface area contributed by atoms with Crippen LogP contribution in [0.2, 0.25) is 0 Å². The van der Waals surface area contributed by atoms with E-state index in [2.05, 4.69) is 34.6 Å². The fourth-order valence-corrected chi connectivity index (χ4v) is 2.37. The Balaban J connectivity index is 1.94. The Labute approximate surface area is 155 Å². The lowest BCUT2D eigenvalue weighted by molar-refractivity contribution is 0.102. The Morgan fingerprint density at radius 3 is 2.62 bits per heavy atom. The average molecular weight is 356 g/mol. The summed E-state index contributed by atoms with van der Waals surface area (Å²) in [4.78, 5) is 18.9. The van der Waals surface area contributed by atoms with Crippen LogP contribution in [0.15, 0.2) is 42.6 Å². The fraction of sp³-hybridized carbons (Fsp3) is 0.400. The topological polar surface area (TPSA) is 66.5 Å². The zero-order valence-electron chi connectivity index (χ0n) is 16.0. The van der Waals surface area contributed by atoms with Crippen molar-refractivity contribution >= 4 is 17.4 Å². The molecule has 0 atom stereocenters. The van der Waals surface area contributed by atoms with Gasteiger partial charge in [0.25, 0.3) is 5.91 Å². The Hall–Kier alpha value is -2.60. The number of benzene rings is 1. The molecular formula is C20H28N4O2. The molecule has 0 bridgehead atoms. The van der Waals surface area contributed by atoms with E-state index >= 15 is 0 Å². The molecule has 0 aliphatic heterocycles. The van der Waals surface area contributed by atoms with Crippen LogP contribution < -0.4 is 15.4 Å². The summed E-state index contributed by atoms with van der Waals surface area (Å²) in [6.07, 6.45) is 2.64. The van der Waals surface area contributed by atoms with Crippen LogP contribution >= 0.6 is 0 Å². The molecule has 0 spiro atoms. The van der Waals surface area contributed by atoms with Crippen LogP contribution in [0.5, 0.6) is 5.75 Å². The average Bonchev–Trinajstić information content (AvgIpc) is 2.60. The molecule has 0 saturated carbocycles. The summed E-state index contributed by atoms with van der Waals surface area (Å²) in [5.74, 6) is 1.21. The van der Waals surface area contributed by atoms with E-state index in [0.717, 1.165) is 25.3 Å². The van der Waals surface area contributed by atoms with Gasteiger partial charge in [0.1, 0.15) is 11.6 Å². The SMILES string of the molecule is CC(C)Oc1ccccc1NC(=O)c1ccc(NCCCN(C)C)nc1. The molecule has 26 heavy (non-hydrogen) atoms. The molecule has 0 fully saturated rings. The third-order valence-electron chi connectivity index (χ3n) is 3.61. The zero-order valence-corrected chi connectivity index (χ0v) is 16.0. The Morgan fingerprint density at radius 1 is 1.19 bits per heavy atom. The fourth-order valence-electron chi connectivity index (χ4n) is 2.37. The Morgan fingerprint density at radius 2 is 1.96 bits per heavy atom. The van der Waals surface area contributed by atoms with Crippen LogP contribution in [0, 0.1) is 0 Å². The number of ether oxygens (including phenoxy) is 1. The quantitative estimate of drug-likeness (QED) is 0.673. The standard InChI is InChI=1S/C20H28N4O2/c1-15(2)26-18-9-6-5-8-17(18)23-20(25)16-10-11-19(22-14-16)21-12-7-13-24(3)4/h5-6,8-11,14-15H,7,12-13H2,1-4H3,(H,21,22)(H,23,25). The molecule has 2 aromatic rings. The molecule has 2 N–H and O–H groups in total. The summed E-state index contributed by atoms with van der Waals surface area (Å²) in [5, 5.41) is 6.14. The largest absolute Gasteiger partial charge is 0.489 e. The highest BCUT2D eigenvalue weighted by Gasteiger charge is 2.11. The number of para-hydroxylation sites is 2. The highest BCUT2D eigenvalue weighted by molar-refractivity contribution is 6.04. The van der Waals surface area contributed by atoms with Gasteiger partial charge in [0.2, 0.25) is 0 Å². The highest BCUT2D eigenvalue weighted by Crippen LogP contribution is 2.25. The van der Waals surface area contributed by atoms with E-state index in [1.165, 1.54) is 0 Å². The van der Waals surface area contributed by atoms with Crippen molar-refractivity contribution in [2.45, 2.75) is 26.4 Å². The third-order valence-corrected chi connectivity index (χ3v) is 3.61. The summed E-state index contributed by atoms with van der Waals surface area (Å²) in [6.45, 7) is 5.77. The number of rotatable bonds is 9. The first kappa shape index (κ1) is 19.7. The van der Waals surface area contributed by atoms with Crippen molar-refractivity contribution in [3.8, 4) is 5.75 Å². The van der Waals surface area contributed by atoms with Gasteiger partial charge in [-0.25, -0.2) is 4.98 Å². The molecule has 0 saturated heterocycles. The van der Waals surface area contributed by atoms with Gasteiger partial charge in [-0.05, 0) is 65.2 Å². The molecule has 0 aliphatic carbocycles. The van der Waals surface area contributed by atoms with Crippen molar-refractivity contribution in [2.75, 3.05) is 37.8 Å². The number of carbonyl (C=O) groups excluding carboxylic acids is 1. The monoisotopic (exact) mass is 356 g/mol. The van der Waals surface area contributed by atoms with Crippen LogP contribution in [0.3, 0.4) is 0 Å². The number of aromatic nitrogens is 1. The minimum absolute atomic E-state index is 0.0348. The summed E-state index contributed by atoms with van der Waals surface area (Å²) in [6, 6.07) is 11.0. The van der Waals surface area contributed by atoms with Crippen molar-refractivity contribution in [3.05, 3.63) is 48.2 Å². The molecule has 0 unspecified atom stereocenters. The third kappa shape index (κ3) is 6.37. The van der Waals surface area contributed by atoms with Crippen LogP contribution in [0.25, 0.3) is 0 Å². The van der Waals surface area contributed by atoms with Gasteiger partial charge >= 0.3 is 0 Å². The van der Waals surface area contributed by atoms with Crippen LogP contribution in [-0.2, 0) is 0 Å². The van der Waals surface area contributed by atoms with E-state index in [1.807, 2.05) is 44.2 Å². The normalized spacial score (nSPS) is 10.8. The van der Waals surface area contributed by atoms with E-state index < -0.39 is 0 Å². The van der Waals surface area contributed by atoms with Gasteiger partial charge in [-0.1, -0.05) is 12.1 Å². The number of nitrogens with one attached hydrogen (secondary N) is 2. The van der Waals surface area contributed by atoms with Gasteiger partial charge in [-0.2, -0.15) is 0 Å². The van der Waals surface area contributed by atoms with Crippen molar-refractivity contribution in [2.24, 2.45) is 0 Å². The second-order valence-corrected chi connectivity index (χ2v) is 6.63. The highest BCUT2D eigenvalue weighted by atomic mass is 16.5. The van der Waals surface area contributed by atoms with Crippen LogP contribution in [-0.4, -0.2) is 49.1 Å². The predicted octanol–water partition coefficient (Wildman–Crippen LogP) is 3.48. The minimum atomic E-state index is -0.212. The minimum Gasteiger partial charge on any atom is -0.489 e. The lowest BCUT2D eigenvalue weighted by Gasteiger charge is -2.15. The van der Waals surface area contributed by atoms with Gasteiger partial charge in [0.15, 0.2) is 0 Å². The Kier molecular flexibility index (Phi) is 7.41. The molecule has 0 aliphatic rings. The number of anilines is 2. The maximum absolute atomic E-state index is 12.5. The molecule has 1 amide bonds. The predicted molar refractivity (Wildman–Crippen MR) is 106 cm³/mol. The van der Waals surface area contributed by atoms with Crippen LogP contribution in [0.4, 0.5) is 11.5 Å². The van der Waals surface area contributed by atoms with Crippen molar-refractivity contribution < 1.29 is 9.53 Å². The molecule has 2 rings (SSSR count). The maximum atomic E-state index is 12.5. The number of carbonyl (C=O) groups is 1. The van der Waals surface area contributed by atoms with Gasteiger partial charge in [0.05, 0.1) is 17.4 Å². The van der Waals surface area contributed by atoms with E-state index in [4.69, 9.17) is 4.74 Å². The van der Waals surface area contributed by atoms with Gasteiger partial charge in [0, 0.05) is 12.7 Å². The smallest absolute Gasteiger partial charge is 0.257 e. The number of pyridine rings is 1. The molecule has 1 aromatic heterocycles. The number of nitrogens with zero attached hydrogens (tertiary/aromatic N) is 2. The van der Waals surface area contributed by atoms with Crippen molar-refractivity contribution in [1.29, 1.82) is 0 Å². The van der Waals surface area contributed by atoms with Crippen molar-refractivity contribution in [3.63, 3.8) is 0 Å². The molecular weight excluding hydrogens is 328 g/mol. The summed E-state index contributed by atoms with van der Waals surface area (Å²) < 4.78 is 5.73. The zero-order chi connectivity index (χ0) is 18.9. The second-order valence-electron chi connectivity index (χ2n) is 6.63. The summed E-state index contributed by atoms with van der Waals surface area (Å²) in [7, 11) is 4.10. The molecule has 6 heteroatoms. The molecule has 1 aromatic carbocycles. The first-order chi connectivity index (χ1) is 12.5. The van der Waals surface area contributed by atoms with E-state index in [1.54, 1.807) is 12.3 Å². The second kappa shape index (κ2) is 9.77. The Bertz CT molecular complexity index is 699. The molecule has 6 nitrogen and oxygen atoms in total. The number of hydrogen-bond acceptors (Lipinski definition) is 5. The molecule has 140 valence electrons. The van der Waals surface area contributed by atoms with E-state index in [0.29, 0.717) is 17.0 Å². The first-order valence-corrected chi connectivity index (χ1v) is 8.87. The van der Waals surface area contributed by atoms with Crippen molar-refractivity contribution in [1.82, 2.24) is 9.88 Å².